The van der Waals surface area contributed by atoms with Gasteiger partial charge < -0.3 is 4.90 Å². The first kappa shape index (κ1) is 22.3. The Kier molecular flexibility index (Phi) is 6.97. The predicted octanol–water partition coefficient (Wildman–Crippen LogP) is 3.69. The summed E-state index contributed by atoms with van der Waals surface area (Å²) >= 11 is 1.37. The van der Waals surface area contributed by atoms with Gasteiger partial charge in [-0.25, -0.2) is 0 Å². The molecule has 1 aliphatic heterocycles. The third kappa shape index (κ3) is 5.03. The second kappa shape index (κ2) is 10.6. The topological polar surface area (TPSA) is 67.2 Å². The van der Waals surface area contributed by atoms with Gasteiger partial charge in [-0.2, -0.15) is 4.68 Å². The van der Waals surface area contributed by atoms with Crippen molar-refractivity contribution in [3.63, 3.8) is 0 Å². The summed E-state index contributed by atoms with van der Waals surface area (Å²) in [6.45, 7) is 3.07. The lowest BCUT2D eigenvalue weighted by atomic mass is 9.96. The molecule has 1 amide bonds. The fourth-order valence-corrected chi connectivity index (χ4v) is 5.13. The lowest BCUT2D eigenvalue weighted by Gasteiger charge is -2.39. The number of benzene rings is 3. The molecule has 0 unspecified atom stereocenters. The van der Waals surface area contributed by atoms with Crippen LogP contribution in [0.3, 0.4) is 0 Å². The zero-order chi connectivity index (χ0) is 23.2. The number of aromatic nitrogens is 4. The molecule has 5 rings (SSSR count). The number of amides is 1. The summed E-state index contributed by atoms with van der Waals surface area (Å²) in [7, 11) is 0. The van der Waals surface area contributed by atoms with Crippen molar-refractivity contribution in [1.29, 1.82) is 0 Å². The molecule has 0 N–H and O–H groups in total. The first-order chi connectivity index (χ1) is 16.8. The van der Waals surface area contributed by atoms with Crippen molar-refractivity contribution in [2.45, 2.75) is 11.2 Å². The van der Waals surface area contributed by atoms with Crippen LogP contribution < -0.4 is 0 Å². The summed E-state index contributed by atoms with van der Waals surface area (Å²) < 4.78 is 1.67. The monoisotopic (exact) mass is 470 g/mol. The molecule has 1 aromatic heterocycles. The minimum absolute atomic E-state index is 0.114. The van der Waals surface area contributed by atoms with Gasteiger partial charge in [0.25, 0.3) is 0 Å². The third-order valence-corrected chi connectivity index (χ3v) is 6.93. The number of hydrogen-bond acceptors (Lipinski definition) is 6. The molecule has 0 saturated carbocycles. The molecule has 0 aliphatic carbocycles. The highest BCUT2D eigenvalue weighted by Crippen LogP contribution is 2.29. The Bertz CT molecular complexity index is 1150. The molecule has 0 bridgehead atoms. The summed E-state index contributed by atoms with van der Waals surface area (Å²) in [6.07, 6.45) is 0. The van der Waals surface area contributed by atoms with Gasteiger partial charge in [0.15, 0.2) is 0 Å². The molecule has 7 nitrogen and oxygen atoms in total. The Morgan fingerprint density at radius 2 is 1.35 bits per heavy atom. The maximum atomic E-state index is 13.0. The number of nitrogens with zero attached hydrogens (tertiary/aromatic N) is 6. The lowest BCUT2D eigenvalue weighted by Crippen LogP contribution is -2.50. The number of tetrazole rings is 1. The maximum Gasteiger partial charge on any atom is 0.233 e. The van der Waals surface area contributed by atoms with Gasteiger partial charge in [-0.15, -0.1) is 5.10 Å². The van der Waals surface area contributed by atoms with E-state index in [0.717, 1.165) is 18.8 Å². The van der Waals surface area contributed by atoms with Gasteiger partial charge in [0.05, 0.1) is 17.5 Å². The first-order valence-electron chi connectivity index (χ1n) is 11.4. The van der Waals surface area contributed by atoms with Crippen molar-refractivity contribution in [2.24, 2.45) is 0 Å². The van der Waals surface area contributed by atoms with E-state index in [-0.39, 0.29) is 11.9 Å². The van der Waals surface area contributed by atoms with E-state index in [1.54, 1.807) is 4.68 Å². The molecular formula is C26H26N6OS. The van der Waals surface area contributed by atoms with Crippen LogP contribution in [-0.4, -0.2) is 67.8 Å². The van der Waals surface area contributed by atoms with Gasteiger partial charge in [0.1, 0.15) is 0 Å². The van der Waals surface area contributed by atoms with E-state index in [2.05, 4.69) is 69.0 Å². The quantitative estimate of drug-likeness (QED) is 0.384. The molecule has 1 saturated heterocycles. The largest absolute Gasteiger partial charge is 0.339 e. The Labute approximate surface area is 203 Å². The molecule has 1 aliphatic rings. The number of thioether (sulfide) groups is 1. The van der Waals surface area contributed by atoms with E-state index in [4.69, 9.17) is 0 Å². The van der Waals surface area contributed by atoms with Crippen LogP contribution in [0.5, 0.6) is 0 Å². The van der Waals surface area contributed by atoms with Gasteiger partial charge >= 0.3 is 0 Å². The maximum absolute atomic E-state index is 13.0. The van der Waals surface area contributed by atoms with Crippen molar-refractivity contribution >= 4 is 17.7 Å². The first-order valence-corrected chi connectivity index (χ1v) is 12.4. The highest BCUT2D eigenvalue weighted by molar-refractivity contribution is 7.99. The molecule has 0 radical (unpaired) electrons. The fraction of sp³-hybridized carbons (Fsp3) is 0.231. The minimum Gasteiger partial charge on any atom is -0.339 e. The highest BCUT2D eigenvalue weighted by Gasteiger charge is 2.28. The standard InChI is InChI=1S/C26H26N6OS/c33-24(20-34-26-27-28-29-32(26)23-14-8-3-9-15-23)30-16-18-31(19-17-30)25(21-10-4-1-5-11-21)22-12-6-2-7-13-22/h1-15,25H,16-20H2. The van der Waals surface area contributed by atoms with Crippen molar-refractivity contribution in [1.82, 2.24) is 30.0 Å². The van der Waals surface area contributed by atoms with E-state index >= 15 is 0 Å². The van der Waals surface area contributed by atoms with Gasteiger partial charge in [-0.1, -0.05) is 90.6 Å². The SMILES string of the molecule is O=C(CSc1nnnn1-c1ccccc1)N1CCN(C(c2ccccc2)c2ccccc2)CC1. The number of para-hydroxylation sites is 1. The van der Waals surface area contributed by atoms with Gasteiger partial charge in [0.2, 0.25) is 11.1 Å². The van der Waals surface area contributed by atoms with Crippen LogP contribution in [0.4, 0.5) is 0 Å². The fourth-order valence-electron chi connectivity index (χ4n) is 4.33. The van der Waals surface area contributed by atoms with E-state index < -0.39 is 0 Å². The van der Waals surface area contributed by atoms with E-state index in [1.165, 1.54) is 22.9 Å². The normalized spacial score (nSPS) is 14.4. The van der Waals surface area contributed by atoms with Crippen LogP contribution in [0, 0.1) is 0 Å². The second-order valence-corrected chi connectivity index (χ2v) is 9.08. The zero-order valence-electron chi connectivity index (χ0n) is 18.8. The van der Waals surface area contributed by atoms with Gasteiger partial charge in [-0.3, -0.25) is 9.69 Å². The van der Waals surface area contributed by atoms with Crippen molar-refractivity contribution in [2.75, 3.05) is 31.9 Å². The molecule has 34 heavy (non-hydrogen) atoms. The summed E-state index contributed by atoms with van der Waals surface area (Å²) in [6, 6.07) is 31.1. The average Bonchev–Trinajstić information content (AvgIpc) is 3.38. The summed E-state index contributed by atoms with van der Waals surface area (Å²) in [5.41, 5.74) is 3.43. The van der Waals surface area contributed by atoms with Crippen molar-refractivity contribution < 1.29 is 4.79 Å². The number of piperazine rings is 1. The minimum atomic E-state index is 0.114. The van der Waals surface area contributed by atoms with E-state index in [9.17, 15) is 4.79 Å². The molecule has 1 fully saturated rings. The molecule has 8 heteroatoms. The molecule has 172 valence electrons. The Hall–Kier alpha value is -3.49. The van der Waals surface area contributed by atoms with Crippen LogP contribution in [0.1, 0.15) is 17.2 Å². The molecular weight excluding hydrogens is 444 g/mol. The Morgan fingerprint density at radius 3 is 1.94 bits per heavy atom. The van der Waals surface area contributed by atoms with Crippen LogP contribution in [0.15, 0.2) is 96.2 Å². The number of carbonyl (C=O) groups excluding carboxylic acids is 1. The number of rotatable bonds is 7. The van der Waals surface area contributed by atoms with Crippen LogP contribution in [0.2, 0.25) is 0 Å². The second-order valence-electron chi connectivity index (χ2n) is 8.14. The zero-order valence-corrected chi connectivity index (χ0v) is 19.6. The van der Waals surface area contributed by atoms with Crippen molar-refractivity contribution in [3.8, 4) is 5.69 Å². The molecule has 2 heterocycles. The van der Waals surface area contributed by atoms with Crippen LogP contribution in [-0.2, 0) is 4.79 Å². The van der Waals surface area contributed by atoms with E-state index in [0.29, 0.717) is 24.0 Å². The molecule has 0 spiro atoms. The average molecular weight is 471 g/mol. The van der Waals surface area contributed by atoms with Crippen LogP contribution in [0.25, 0.3) is 5.69 Å². The molecule has 0 atom stereocenters. The predicted molar refractivity (Wildman–Crippen MR) is 133 cm³/mol. The lowest BCUT2D eigenvalue weighted by molar-refractivity contribution is -0.130. The third-order valence-electron chi connectivity index (χ3n) is 6.03. The van der Waals surface area contributed by atoms with Crippen molar-refractivity contribution in [3.05, 3.63) is 102 Å². The number of hydrogen-bond donors (Lipinski definition) is 0. The van der Waals surface area contributed by atoms with Gasteiger partial charge in [0, 0.05) is 26.2 Å². The van der Waals surface area contributed by atoms with E-state index in [1.807, 2.05) is 47.4 Å². The Morgan fingerprint density at radius 1 is 0.794 bits per heavy atom. The summed E-state index contributed by atoms with van der Waals surface area (Å²) in [4.78, 5) is 17.4. The highest BCUT2D eigenvalue weighted by atomic mass is 32.2. The smallest absolute Gasteiger partial charge is 0.233 e. The van der Waals surface area contributed by atoms with Crippen LogP contribution >= 0.6 is 11.8 Å². The summed E-state index contributed by atoms with van der Waals surface area (Å²) in [5.74, 6) is 0.428. The molecule has 3 aromatic carbocycles. The Balaban J connectivity index is 1.21. The number of carbonyl (C=O) groups is 1. The molecule has 4 aromatic rings. The summed E-state index contributed by atoms with van der Waals surface area (Å²) in [5, 5.41) is 12.6. The van der Waals surface area contributed by atoms with Gasteiger partial charge in [-0.05, 0) is 33.7 Å².